The fourth-order valence-electron chi connectivity index (χ4n) is 2.31. The Morgan fingerprint density at radius 3 is 2.61 bits per heavy atom. The molecule has 0 atom stereocenters. The summed E-state index contributed by atoms with van der Waals surface area (Å²) < 4.78 is 0. The Hall–Kier alpha value is -2.50. The molecule has 0 saturated heterocycles. The molecule has 0 spiro atoms. The van der Waals surface area contributed by atoms with E-state index >= 15 is 0 Å². The maximum absolute atomic E-state index is 12.4. The van der Waals surface area contributed by atoms with Crippen LogP contribution in [0.3, 0.4) is 0 Å². The molecule has 0 bridgehead atoms. The minimum Gasteiger partial charge on any atom is -1.00 e. The Bertz CT molecular complexity index is 808. The van der Waals surface area contributed by atoms with Crippen molar-refractivity contribution in [2.24, 2.45) is 0 Å². The minimum atomic E-state index is -0.112. The van der Waals surface area contributed by atoms with E-state index in [9.17, 15) is 4.79 Å². The second-order valence-electron chi connectivity index (χ2n) is 4.90. The summed E-state index contributed by atoms with van der Waals surface area (Å²) in [5.74, 6) is -0.112. The first-order valence-corrected chi connectivity index (χ1v) is 7.18. The molecular weight excluding hydrogens is 312 g/mol. The third-order valence-corrected chi connectivity index (χ3v) is 3.35. The Morgan fingerprint density at radius 2 is 1.87 bits per heavy atom. The van der Waals surface area contributed by atoms with Crippen LogP contribution < -0.4 is 23.5 Å². The Kier molecular flexibility index (Phi) is 5.62. The van der Waals surface area contributed by atoms with Crippen molar-refractivity contribution in [2.45, 2.75) is 0 Å². The molecule has 5 nitrogen and oxygen atoms in total. The molecule has 3 aromatic rings. The maximum Gasteiger partial charge on any atom is 0.252 e. The fraction of sp³-hybridized carbons (Fsp3) is 0.118. The van der Waals surface area contributed by atoms with E-state index in [4.69, 9.17) is 0 Å². The second-order valence-corrected chi connectivity index (χ2v) is 4.90. The van der Waals surface area contributed by atoms with Crippen molar-refractivity contribution < 1.29 is 22.9 Å². The second kappa shape index (κ2) is 7.67. The maximum atomic E-state index is 12.4. The number of nitrogens with zero attached hydrogens (tertiary/aromatic N) is 2. The van der Waals surface area contributed by atoms with Crippen molar-refractivity contribution >= 4 is 16.8 Å². The van der Waals surface area contributed by atoms with Gasteiger partial charge in [-0.05, 0) is 24.3 Å². The van der Waals surface area contributed by atoms with Gasteiger partial charge in [0, 0.05) is 11.6 Å². The summed E-state index contributed by atoms with van der Waals surface area (Å²) in [5, 5.41) is 3.71. The summed E-state index contributed by atoms with van der Waals surface area (Å²) in [7, 11) is 0. The summed E-state index contributed by atoms with van der Waals surface area (Å²) in [4.78, 5) is 21.3. The van der Waals surface area contributed by atoms with E-state index in [1.807, 2.05) is 42.5 Å². The summed E-state index contributed by atoms with van der Waals surface area (Å²) in [5.41, 5.74) is 6.58. The molecule has 6 heteroatoms. The van der Waals surface area contributed by atoms with Gasteiger partial charge in [0.1, 0.15) is 0 Å². The van der Waals surface area contributed by atoms with E-state index < -0.39 is 0 Å². The first-order chi connectivity index (χ1) is 10.8. The predicted octanol–water partition coefficient (Wildman–Crippen LogP) is -1.73. The lowest BCUT2D eigenvalue weighted by Crippen LogP contribution is -3.00. The molecular formula is C17H17ClN4O. The van der Waals surface area contributed by atoms with Gasteiger partial charge in [-0.25, -0.2) is 4.98 Å². The van der Waals surface area contributed by atoms with Gasteiger partial charge in [-0.15, -0.1) is 0 Å². The molecule has 2 aromatic heterocycles. The zero-order chi connectivity index (χ0) is 15.4. The zero-order valence-electron chi connectivity index (χ0n) is 12.5. The van der Waals surface area contributed by atoms with Crippen molar-refractivity contribution in [2.75, 3.05) is 13.1 Å². The highest BCUT2D eigenvalue weighted by molar-refractivity contribution is 6.07. The van der Waals surface area contributed by atoms with Crippen LogP contribution in [0, 0.1) is 0 Å². The number of carbonyl (C=O) groups excluding carboxylic acids is 1. The number of aromatic nitrogens is 2. The lowest BCUT2D eigenvalue weighted by molar-refractivity contribution is -0.364. The number of benzene rings is 1. The van der Waals surface area contributed by atoms with E-state index in [1.165, 1.54) is 0 Å². The van der Waals surface area contributed by atoms with Crippen molar-refractivity contribution in [1.82, 2.24) is 15.3 Å². The molecule has 0 unspecified atom stereocenters. The number of hydrogen-bond acceptors (Lipinski definition) is 3. The van der Waals surface area contributed by atoms with Crippen LogP contribution in [0.1, 0.15) is 10.4 Å². The number of rotatable bonds is 4. The number of quaternary nitrogens is 1. The zero-order valence-corrected chi connectivity index (χ0v) is 13.3. The number of pyridine rings is 2. The molecule has 4 N–H and O–H groups in total. The van der Waals surface area contributed by atoms with Gasteiger partial charge in [0.05, 0.1) is 35.6 Å². The summed E-state index contributed by atoms with van der Waals surface area (Å²) in [6.07, 6.45) is 1.72. The number of nitrogens with one attached hydrogen (secondary N) is 1. The first-order valence-electron chi connectivity index (χ1n) is 7.18. The molecule has 0 fully saturated rings. The minimum absolute atomic E-state index is 0. The average molecular weight is 329 g/mol. The summed E-state index contributed by atoms with van der Waals surface area (Å²) in [6, 6.07) is 15.1. The highest BCUT2D eigenvalue weighted by Gasteiger charge is 2.13. The molecule has 118 valence electrons. The Morgan fingerprint density at radius 1 is 1.09 bits per heavy atom. The molecule has 0 aliphatic carbocycles. The molecule has 0 radical (unpaired) electrons. The first kappa shape index (κ1) is 16.9. The van der Waals surface area contributed by atoms with E-state index in [2.05, 4.69) is 21.0 Å². The van der Waals surface area contributed by atoms with Crippen LogP contribution in [0.4, 0.5) is 0 Å². The van der Waals surface area contributed by atoms with Gasteiger partial charge in [-0.3, -0.25) is 9.78 Å². The number of carbonyl (C=O) groups is 1. The lowest BCUT2D eigenvalue weighted by atomic mass is 10.1. The van der Waals surface area contributed by atoms with E-state index in [0.29, 0.717) is 24.3 Å². The molecule has 0 aliphatic heterocycles. The largest absolute Gasteiger partial charge is 1.00 e. The number of fused-ring (bicyclic) bond motifs is 1. The van der Waals surface area contributed by atoms with Gasteiger partial charge >= 0.3 is 0 Å². The summed E-state index contributed by atoms with van der Waals surface area (Å²) in [6.45, 7) is 1.20. The van der Waals surface area contributed by atoms with Crippen molar-refractivity contribution in [1.29, 1.82) is 0 Å². The molecule has 1 amide bonds. The lowest BCUT2D eigenvalue weighted by Gasteiger charge is -2.09. The number of para-hydroxylation sites is 1. The van der Waals surface area contributed by atoms with Crippen LogP contribution >= 0.6 is 0 Å². The highest BCUT2D eigenvalue weighted by atomic mass is 35.5. The topological polar surface area (TPSA) is 82.5 Å². The molecule has 0 aliphatic rings. The molecule has 23 heavy (non-hydrogen) atoms. The fourth-order valence-corrected chi connectivity index (χ4v) is 2.31. The molecule has 1 aromatic carbocycles. The quantitative estimate of drug-likeness (QED) is 0.597. The van der Waals surface area contributed by atoms with Gasteiger partial charge in [0.15, 0.2) is 0 Å². The van der Waals surface area contributed by atoms with Crippen LogP contribution in [0.25, 0.3) is 22.3 Å². The monoisotopic (exact) mass is 328 g/mol. The van der Waals surface area contributed by atoms with Crippen LogP contribution in [0.15, 0.2) is 54.7 Å². The van der Waals surface area contributed by atoms with Gasteiger partial charge in [-0.1, -0.05) is 24.3 Å². The van der Waals surface area contributed by atoms with Crippen LogP contribution in [-0.4, -0.2) is 29.0 Å². The normalized spacial score (nSPS) is 10.1. The Labute approximate surface area is 140 Å². The van der Waals surface area contributed by atoms with Crippen molar-refractivity contribution in [3.63, 3.8) is 0 Å². The van der Waals surface area contributed by atoms with Gasteiger partial charge in [0.2, 0.25) is 0 Å². The van der Waals surface area contributed by atoms with Gasteiger partial charge in [0.25, 0.3) is 5.91 Å². The highest BCUT2D eigenvalue weighted by Crippen LogP contribution is 2.23. The van der Waals surface area contributed by atoms with Crippen LogP contribution in [-0.2, 0) is 0 Å². The SMILES string of the molecule is [Cl-].[NH3+]CCNC(=O)c1cc(-c2ccccn2)nc2ccccc12. The molecule has 3 rings (SSSR count). The predicted molar refractivity (Wildman–Crippen MR) is 85.1 cm³/mol. The third kappa shape index (κ3) is 3.64. The average Bonchev–Trinajstić information content (AvgIpc) is 2.59. The van der Waals surface area contributed by atoms with Crippen molar-refractivity contribution in [3.8, 4) is 11.4 Å². The molecule has 0 saturated carbocycles. The third-order valence-electron chi connectivity index (χ3n) is 3.35. The molecule has 2 heterocycles. The van der Waals surface area contributed by atoms with E-state index in [1.54, 1.807) is 12.3 Å². The Balaban J connectivity index is 0.00000192. The van der Waals surface area contributed by atoms with Crippen LogP contribution in [0.5, 0.6) is 0 Å². The number of amides is 1. The van der Waals surface area contributed by atoms with Crippen molar-refractivity contribution in [3.05, 3.63) is 60.3 Å². The van der Waals surface area contributed by atoms with Gasteiger partial charge < -0.3 is 23.5 Å². The smallest absolute Gasteiger partial charge is 0.252 e. The van der Waals surface area contributed by atoms with E-state index in [0.717, 1.165) is 16.6 Å². The van der Waals surface area contributed by atoms with Crippen LogP contribution in [0.2, 0.25) is 0 Å². The van der Waals surface area contributed by atoms with E-state index in [-0.39, 0.29) is 18.3 Å². The standard InChI is InChI=1S/C17H16N4O.ClH/c18-8-10-20-17(22)13-11-16(15-7-3-4-9-19-15)21-14-6-2-1-5-12(13)14;/h1-7,9,11H,8,10,18H2,(H,20,22);1H. The number of halogens is 1. The number of hydrogen-bond donors (Lipinski definition) is 2. The van der Waals surface area contributed by atoms with Gasteiger partial charge in [-0.2, -0.15) is 0 Å². The summed E-state index contributed by atoms with van der Waals surface area (Å²) >= 11 is 0.